The van der Waals surface area contributed by atoms with E-state index in [1.807, 2.05) is 0 Å². The number of hydrogen-bond acceptors (Lipinski definition) is 4. The van der Waals surface area contributed by atoms with E-state index in [2.05, 4.69) is 9.71 Å². The van der Waals surface area contributed by atoms with Gasteiger partial charge in [-0.05, 0) is 20.3 Å². The van der Waals surface area contributed by atoms with Gasteiger partial charge in [-0.25, -0.2) is 13.4 Å². The van der Waals surface area contributed by atoms with Crippen LogP contribution in [0.2, 0.25) is 0 Å². The quantitative estimate of drug-likeness (QED) is 0.522. The normalized spacial score (nSPS) is 15.3. The van der Waals surface area contributed by atoms with Gasteiger partial charge in [0.1, 0.15) is 11.7 Å². The first-order valence-corrected chi connectivity index (χ1v) is 6.99. The number of aromatic nitrogens is 2. The number of aryl methyl sites for hydroxylation is 2. The monoisotopic (exact) mass is 273 g/mol. The van der Waals surface area contributed by atoms with Crippen LogP contribution in [-0.2, 0) is 17.1 Å². The van der Waals surface area contributed by atoms with E-state index in [1.54, 1.807) is 32.4 Å². The molecule has 0 saturated carbocycles. The maximum Gasteiger partial charge on any atom is 0.260 e. The van der Waals surface area contributed by atoms with Crippen molar-refractivity contribution in [2.45, 2.75) is 37.8 Å². The van der Waals surface area contributed by atoms with Crippen LogP contribution in [0.1, 0.15) is 26.1 Å². The molecule has 1 aromatic heterocycles. The Labute approximate surface area is 107 Å². The van der Waals surface area contributed by atoms with Crippen molar-refractivity contribution in [2.24, 2.45) is 12.8 Å². The summed E-state index contributed by atoms with van der Waals surface area (Å²) in [6.07, 6.45) is 1.81. The fourth-order valence-electron chi connectivity index (χ4n) is 1.32. The van der Waals surface area contributed by atoms with Crippen LogP contribution in [0.25, 0.3) is 0 Å². The lowest BCUT2D eigenvalue weighted by Crippen LogP contribution is -2.54. The zero-order valence-electron chi connectivity index (χ0n) is 11.0. The maximum absolute atomic E-state index is 12.1. The molecule has 1 rings (SSSR count). The predicted molar refractivity (Wildman–Crippen MR) is 68.9 cm³/mol. The molecule has 8 heteroatoms. The zero-order chi connectivity index (χ0) is 14.1. The third-order valence-electron chi connectivity index (χ3n) is 3.02. The molecular weight excluding hydrogens is 254 g/mol. The Bertz CT molecular complexity index is 543. The lowest BCUT2D eigenvalue weighted by Gasteiger charge is -2.27. The van der Waals surface area contributed by atoms with Gasteiger partial charge in [0.05, 0.1) is 5.54 Å². The van der Waals surface area contributed by atoms with Gasteiger partial charge in [-0.3, -0.25) is 5.41 Å². The molecule has 0 fully saturated rings. The highest BCUT2D eigenvalue weighted by molar-refractivity contribution is 7.89. The third kappa shape index (κ3) is 2.70. The van der Waals surface area contributed by atoms with Gasteiger partial charge in [-0.15, -0.1) is 0 Å². The number of rotatable bonds is 5. The Kier molecular flexibility index (Phi) is 3.82. The van der Waals surface area contributed by atoms with Crippen LogP contribution in [0.15, 0.2) is 11.2 Å². The summed E-state index contributed by atoms with van der Waals surface area (Å²) in [6.45, 7) is 5.04. The van der Waals surface area contributed by atoms with Crippen LogP contribution in [-0.4, -0.2) is 29.3 Å². The SMILES string of the molecule is CCC(C)(NS(=O)(=O)c1cn(C)c(C)n1)C(=N)N. The molecule has 0 aliphatic heterocycles. The molecule has 1 aromatic rings. The van der Waals surface area contributed by atoms with Gasteiger partial charge in [0.25, 0.3) is 10.0 Å². The minimum Gasteiger partial charge on any atom is -0.386 e. The first kappa shape index (κ1) is 14.7. The molecule has 18 heavy (non-hydrogen) atoms. The number of nitrogens with one attached hydrogen (secondary N) is 2. The van der Waals surface area contributed by atoms with Crippen molar-refractivity contribution < 1.29 is 8.42 Å². The predicted octanol–water partition coefficient (Wildman–Crippen LogP) is 0.111. The average molecular weight is 273 g/mol. The summed E-state index contributed by atoms with van der Waals surface area (Å²) in [5, 5.41) is 7.40. The summed E-state index contributed by atoms with van der Waals surface area (Å²) in [5.74, 6) is 0.373. The van der Waals surface area contributed by atoms with Gasteiger partial charge in [0, 0.05) is 13.2 Å². The molecule has 0 saturated heterocycles. The molecule has 0 bridgehead atoms. The number of nitrogens with two attached hydrogens (primary N) is 1. The lowest BCUT2D eigenvalue weighted by molar-refractivity contribution is 0.503. The number of nitrogens with zero attached hydrogens (tertiary/aromatic N) is 2. The van der Waals surface area contributed by atoms with Crippen molar-refractivity contribution in [1.82, 2.24) is 14.3 Å². The number of sulfonamides is 1. The van der Waals surface area contributed by atoms with Crippen molar-refractivity contribution in [3.05, 3.63) is 12.0 Å². The second kappa shape index (κ2) is 4.69. The molecule has 0 radical (unpaired) electrons. The summed E-state index contributed by atoms with van der Waals surface area (Å²) in [5.41, 5.74) is 4.34. The fraction of sp³-hybridized carbons (Fsp3) is 0.600. The molecule has 7 nitrogen and oxygen atoms in total. The molecule has 1 unspecified atom stereocenters. The molecule has 102 valence electrons. The second-order valence-electron chi connectivity index (χ2n) is 4.44. The number of amidine groups is 1. The minimum absolute atomic E-state index is 0.0663. The van der Waals surface area contributed by atoms with Crippen LogP contribution in [0.3, 0.4) is 0 Å². The molecule has 4 N–H and O–H groups in total. The van der Waals surface area contributed by atoms with E-state index in [9.17, 15) is 8.42 Å². The van der Waals surface area contributed by atoms with E-state index in [-0.39, 0.29) is 10.9 Å². The molecule has 1 heterocycles. The Hall–Kier alpha value is -1.41. The standard InChI is InChI=1S/C10H19N5O2S/c1-5-10(3,9(11)12)14-18(16,17)8-6-15(4)7(2)13-8/h6,14H,5H2,1-4H3,(H3,11,12). The maximum atomic E-state index is 12.1. The van der Waals surface area contributed by atoms with Crippen molar-refractivity contribution in [3.8, 4) is 0 Å². The Balaban J connectivity index is 3.13. The van der Waals surface area contributed by atoms with Crippen LogP contribution < -0.4 is 10.5 Å². The van der Waals surface area contributed by atoms with Gasteiger partial charge >= 0.3 is 0 Å². The molecule has 0 spiro atoms. The van der Waals surface area contributed by atoms with Gasteiger partial charge < -0.3 is 10.3 Å². The van der Waals surface area contributed by atoms with Crippen molar-refractivity contribution in [2.75, 3.05) is 0 Å². The summed E-state index contributed by atoms with van der Waals surface area (Å²) < 4.78 is 28.3. The number of imidazole rings is 1. The topological polar surface area (TPSA) is 114 Å². The highest BCUT2D eigenvalue weighted by Crippen LogP contribution is 2.15. The highest BCUT2D eigenvalue weighted by atomic mass is 32.2. The Morgan fingerprint density at radius 2 is 2.22 bits per heavy atom. The van der Waals surface area contributed by atoms with Gasteiger partial charge in [-0.2, -0.15) is 4.72 Å². The molecule has 1 atom stereocenters. The Morgan fingerprint density at radius 1 is 1.67 bits per heavy atom. The molecule has 0 amide bonds. The van der Waals surface area contributed by atoms with Crippen LogP contribution >= 0.6 is 0 Å². The van der Waals surface area contributed by atoms with Gasteiger partial charge in [0.15, 0.2) is 5.03 Å². The van der Waals surface area contributed by atoms with E-state index in [0.29, 0.717) is 12.2 Å². The van der Waals surface area contributed by atoms with E-state index < -0.39 is 15.6 Å². The number of hydrogen-bond donors (Lipinski definition) is 3. The molecular formula is C10H19N5O2S. The fourth-order valence-corrected chi connectivity index (χ4v) is 2.82. The largest absolute Gasteiger partial charge is 0.386 e. The Morgan fingerprint density at radius 3 is 2.56 bits per heavy atom. The van der Waals surface area contributed by atoms with E-state index in [1.165, 1.54) is 6.20 Å². The van der Waals surface area contributed by atoms with E-state index >= 15 is 0 Å². The smallest absolute Gasteiger partial charge is 0.260 e. The molecule has 0 aliphatic rings. The van der Waals surface area contributed by atoms with Crippen molar-refractivity contribution in [3.63, 3.8) is 0 Å². The molecule has 0 aliphatic carbocycles. The summed E-state index contributed by atoms with van der Waals surface area (Å²) in [6, 6.07) is 0. The van der Waals surface area contributed by atoms with Gasteiger partial charge in [-0.1, -0.05) is 6.92 Å². The lowest BCUT2D eigenvalue weighted by atomic mass is 10.00. The van der Waals surface area contributed by atoms with Crippen LogP contribution in [0.5, 0.6) is 0 Å². The summed E-state index contributed by atoms with van der Waals surface area (Å²) >= 11 is 0. The zero-order valence-corrected chi connectivity index (χ0v) is 11.8. The van der Waals surface area contributed by atoms with Gasteiger partial charge in [0.2, 0.25) is 0 Å². The first-order valence-electron chi connectivity index (χ1n) is 5.51. The minimum atomic E-state index is -3.78. The second-order valence-corrected chi connectivity index (χ2v) is 6.07. The first-order chi connectivity index (χ1) is 8.12. The summed E-state index contributed by atoms with van der Waals surface area (Å²) in [4.78, 5) is 3.96. The molecule has 0 aromatic carbocycles. The highest BCUT2D eigenvalue weighted by Gasteiger charge is 2.33. The van der Waals surface area contributed by atoms with Crippen LogP contribution in [0.4, 0.5) is 0 Å². The van der Waals surface area contributed by atoms with E-state index in [0.717, 1.165) is 0 Å². The third-order valence-corrected chi connectivity index (χ3v) is 4.49. The van der Waals surface area contributed by atoms with Crippen LogP contribution in [0, 0.1) is 12.3 Å². The van der Waals surface area contributed by atoms with Crippen molar-refractivity contribution >= 4 is 15.9 Å². The van der Waals surface area contributed by atoms with Crippen molar-refractivity contribution in [1.29, 1.82) is 5.41 Å². The van der Waals surface area contributed by atoms with E-state index in [4.69, 9.17) is 11.1 Å². The summed E-state index contributed by atoms with van der Waals surface area (Å²) in [7, 11) is -2.07. The average Bonchev–Trinajstić information content (AvgIpc) is 2.59.